The molecule has 1 aromatic rings. The Bertz CT molecular complexity index is 268. The van der Waals surface area contributed by atoms with Crippen LogP contribution in [0.5, 0.6) is 5.75 Å². The molecule has 0 aromatic heterocycles. The number of hydrazine groups is 1. The molecule has 0 amide bonds. The normalized spacial score (nSPS) is 12.5. The second kappa shape index (κ2) is 4.79. The average molecular weight is 184 g/mol. The number of hydrogen-bond donors (Lipinski definition) is 2. The highest BCUT2D eigenvalue weighted by atomic mass is 19.1. The summed E-state index contributed by atoms with van der Waals surface area (Å²) >= 11 is 0. The van der Waals surface area contributed by atoms with Crippen LogP contribution in [0.1, 0.15) is 6.92 Å². The van der Waals surface area contributed by atoms with E-state index in [2.05, 4.69) is 5.43 Å². The van der Waals surface area contributed by atoms with Crippen LogP contribution in [0.2, 0.25) is 0 Å². The zero-order valence-electron chi connectivity index (χ0n) is 7.46. The number of rotatable bonds is 4. The first kappa shape index (κ1) is 9.95. The number of benzene rings is 1. The lowest BCUT2D eigenvalue weighted by molar-refractivity contribution is 0.263. The second-order valence-corrected chi connectivity index (χ2v) is 2.81. The molecule has 72 valence electrons. The molecular formula is C9H13FN2O. The van der Waals surface area contributed by atoms with E-state index in [1.807, 2.05) is 6.92 Å². The van der Waals surface area contributed by atoms with Crippen molar-refractivity contribution in [1.82, 2.24) is 5.43 Å². The summed E-state index contributed by atoms with van der Waals surface area (Å²) in [5, 5.41) is 0. The molecule has 4 heteroatoms. The van der Waals surface area contributed by atoms with Crippen LogP contribution in [0, 0.1) is 5.82 Å². The molecular weight excluding hydrogens is 171 g/mol. The first-order valence-electron chi connectivity index (χ1n) is 4.07. The molecule has 0 fully saturated rings. The lowest BCUT2D eigenvalue weighted by Crippen LogP contribution is -2.37. The van der Waals surface area contributed by atoms with Crippen LogP contribution < -0.4 is 16.0 Å². The number of nitrogens with two attached hydrogens (primary N) is 1. The fourth-order valence-corrected chi connectivity index (χ4v) is 0.825. The molecule has 1 unspecified atom stereocenters. The van der Waals surface area contributed by atoms with Gasteiger partial charge in [-0.25, -0.2) is 4.39 Å². The number of ether oxygens (including phenoxy) is 1. The van der Waals surface area contributed by atoms with E-state index >= 15 is 0 Å². The predicted molar refractivity (Wildman–Crippen MR) is 48.7 cm³/mol. The van der Waals surface area contributed by atoms with E-state index in [1.54, 1.807) is 18.2 Å². The van der Waals surface area contributed by atoms with Crippen molar-refractivity contribution in [2.75, 3.05) is 6.61 Å². The molecule has 0 bridgehead atoms. The van der Waals surface area contributed by atoms with Gasteiger partial charge in [0.05, 0.1) is 6.04 Å². The van der Waals surface area contributed by atoms with Crippen LogP contribution in [0.15, 0.2) is 24.3 Å². The van der Waals surface area contributed by atoms with Gasteiger partial charge in [0.2, 0.25) is 0 Å². The van der Waals surface area contributed by atoms with Gasteiger partial charge in [0, 0.05) is 0 Å². The summed E-state index contributed by atoms with van der Waals surface area (Å²) in [6, 6.07) is 6.28. The van der Waals surface area contributed by atoms with Crippen molar-refractivity contribution in [2.24, 2.45) is 5.84 Å². The second-order valence-electron chi connectivity index (χ2n) is 2.81. The number of nitrogens with one attached hydrogen (secondary N) is 1. The monoisotopic (exact) mass is 184 g/mol. The van der Waals surface area contributed by atoms with Gasteiger partial charge < -0.3 is 4.74 Å². The van der Waals surface area contributed by atoms with Crippen LogP contribution in [-0.2, 0) is 0 Å². The minimum absolute atomic E-state index is 0.000365. The van der Waals surface area contributed by atoms with E-state index in [1.165, 1.54) is 6.07 Å². The Morgan fingerprint density at radius 1 is 1.54 bits per heavy atom. The number of para-hydroxylation sites is 1. The summed E-state index contributed by atoms with van der Waals surface area (Å²) in [6.45, 7) is 2.19. The Labute approximate surface area is 76.7 Å². The first-order chi connectivity index (χ1) is 6.24. The van der Waals surface area contributed by atoms with Gasteiger partial charge in [-0.1, -0.05) is 12.1 Å². The zero-order chi connectivity index (χ0) is 9.68. The summed E-state index contributed by atoms with van der Waals surface area (Å²) in [4.78, 5) is 0. The molecule has 0 saturated carbocycles. The Morgan fingerprint density at radius 3 is 2.85 bits per heavy atom. The van der Waals surface area contributed by atoms with Gasteiger partial charge in [-0.3, -0.25) is 11.3 Å². The minimum atomic E-state index is -0.355. The van der Waals surface area contributed by atoms with E-state index < -0.39 is 0 Å². The van der Waals surface area contributed by atoms with Gasteiger partial charge in [-0.15, -0.1) is 0 Å². The maximum atomic E-state index is 13.0. The topological polar surface area (TPSA) is 47.3 Å². The molecule has 0 radical (unpaired) electrons. The Hall–Kier alpha value is -1.13. The molecule has 3 N–H and O–H groups in total. The third-order valence-corrected chi connectivity index (χ3v) is 1.61. The van der Waals surface area contributed by atoms with E-state index in [-0.39, 0.29) is 17.6 Å². The van der Waals surface area contributed by atoms with Gasteiger partial charge >= 0.3 is 0 Å². The van der Waals surface area contributed by atoms with Crippen molar-refractivity contribution in [3.8, 4) is 5.75 Å². The van der Waals surface area contributed by atoms with Gasteiger partial charge in [0.1, 0.15) is 6.61 Å². The standard InChI is InChI=1S/C9H13FN2O/c1-7(12-11)6-13-9-5-3-2-4-8(9)10/h2-5,7,12H,6,11H2,1H3. The van der Waals surface area contributed by atoms with Crippen molar-refractivity contribution >= 4 is 0 Å². The molecule has 0 spiro atoms. The summed E-state index contributed by atoms with van der Waals surface area (Å²) in [7, 11) is 0. The quantitative estimate of drug-likeness (QED) is 0.543. The Morgan fingerprint density at radius 2 is 2.23 bits per heavy atom. The lowest BCUT2D eigenvalue weighted by Gasteiger charge is -2.11. The highest BCUT2D eigenvalue weighted by Crippen LogP contribution is 2.15. The summed E-state index contributed by atoms with van der Waals surface area (Å²) < 4.78 is 18.1. The molecule has 0 aliphatic rings. The number of halogens is 1. The smallest absolute Gasteiger partial charge is 0.165 e. The third kappa shape index (κ3) is 3.01. The van der Waals surface area contributed by atoms with Crippen molar-refractivity contribution in [3.63, 3.8) is 0 Å². The minimum Gasteiger partial charge on any atom is -0.489 e. The molecule has 0 heterocycles. The van der Waals surface area contributed by atoms with Crippen molar-refractivity contribution in [2.45, 2.75) is 13.0 Å². The zero-order valence-corrected chi connectivity index (χ0v) is 7.46. The van der Waals surface area contributed by atoms with Crippen LogP contribution in [0.25, 0.3) is 0 Å². The van der Waals surface area contributed by atoms with Crippen molar-refractivity contribution in [3.05, 3.63) is 30.1 Å². The van der Waals surface area contributed by atoms with Gasteiger partial charge in [0.15, 0.2) is 11.6 Å². The lowest BCUT2D eigenvalue weighted by atomic mass is 10.3. The summed E-state index contributed by atoms with van der Waals surface area (Å²) in [6.07, 6.45) is 0. The van der Waals surface area contributed by atoms with E-state index in [4.69, 9.17) is 10.6 Å². The molecule has 1 aromatic carbocycles. The summed E-state index contributed by atoms with van der Waals surface area (Å²) in [5.74, 6) is 5.05. The van der Waals surface area contributed by atoms with Gasteiger partial charge in [0.25, 0.3) is 0 Å². The van der Waals surface area contributed by atoms with Gasteiger partial charge in [-0.2, -0.15) is 0 Å². The average Bonchev–Trinajstić information content (AvgIpc) is 2.16. The molecule has 13 heavy (non-hydrogen) atoms. The van der Waals surface area contributed by atoms with Crippen LogP contribution in [-0.4, -0.2) is 12.6 Å². The fourth-order valence-electron chi connectivity index (χ4n) is 0.825. The molecule has 1 rings (SSSR count). The van der Waals surface area contributed by atoms with E-state index in [9.17, 15) is 4.39 Å². The Kier molecular flexibility index (Phi) is 3.67. The highest BCUT2D eigenvalue weighted by molar-refractivity contribution is 5.23. The van der Waals surface area contributed by atoms with Crippen molar-refractivity contribution in [1.29, 1.82) is 0 Å². The molecule has 0 saturated heterocycles. The summed E-state index contributed by atoms with van der Waals surface area (Å²) in [5.41, 5.74) is 2.51. The van der Waals surface area contributed by atoms with Crippen LogP contribution in [0.4, 0.5) is 4.39 Å². The molecule has 0 aliphatic carbocycles. The Balaban J connectivity index is 2.50. The van der Waals surface area contributed by atoms with E-state index in [0.717, 1.165) is 0 Å². The van der Waals surface area contributed by atoms with Crippen LogP contribution >= 0.6 is 0 Å². The molecule has 1 atom stereocenters. The van der Waals surface area contributed by atoms with E-state index in [0.29, 0.717) is 6.61 Å². The predicted octanol–water partition coefficient (Wildman–Crippen LogP) is 1.06. The number of hydrogen-bond acceptors (Lipinski definition) is 3. The first-order valence-corrected chi connectivity index (χ1v) is 4.07. The van der Waals surface area contributed by atoms with Crippen LogP contribution in [0.3, 0.4) is 0 Å². The van der Waals surface area contributed by atoms with Gasteiger partial charge in [-0.05, 0) is 19.1 Å². The molecule has 0 aliphatic heterocycles. The third-order valence-electron chi connectivity index (χ3n) is 1.61. The molecule has 3 nitrogen and oxygen atoms in total. The SMILES string of the molecule is CC(COc1ccccc1F)NN. The fraction of sp³-hybridized carbons (Fsp3) is 0.333. The largest absolute Gasteiger partial charge is 0.489 e. The van der Waals surface area contributed by atoms with Crippen molar-refractivity contribution < 1.29 is 9.13 Å². The maximum Gasteiger partial charge on any atom is 0.165 e. The highest BCUT2D eigenvalue weighted by Gasteiger charge is 2.03. The maximum absolute atomic E-state index is 13.0.